The van der Waals surface area contributed by atoms with Gasteiger partial charge in [0.1, 0.15) is 0 Å². The summed E-state index contributed by atoms with van der Waals surface area (Å²) in [7, 11) is 1.85. The van der Waals surface area contributed by atoms with E-state index in [1.165, 1.54) is 5.56 Å². The lowest BCUT2D eigenvalue weighted by Gasteiger charge is -2.10. The molecular weight excluding hydrogens is 348 g/mol. The summed E-state index contributed by atoms with van der Waals surface area (Å²) in [5.41, 5.74) is 5.40. The summed E-state index contributed by atoms with van der Waals surface area (Å²) in [5.74, 6) is 0.350. The topological polar surface area (TPSA) is 59.8 Å². The van der Waals surface area contributed by atoms with Gasteiger partial charge < -0.3 is 5.32 Å². The van der Waals surface area contributed by atoms with Crippen LogP contribution in [0.3, 0.4) is 0 Å². The maximum absolute atomic E-state index is 13.0. The molecule has 2 aromatic carbocycles. The van der Waals surface area contributed by atoms with Gasteiger partial charge in [0.05, 0.1) is 16.8 Å². The minimum atomic E-state index is -0.192. The first-order valence-electron chi connectivity index (χ1n) is 9.36. The Morgan fingerprint density at radius 1 is 1.07 bits per heavy atom. The van der Waals surface area contributed by atoms with Gasteiger partial charge in [0, 0.05) is 29.8 Å². The molecule has 0 aliphatic rings. The smallest absolute Gasteiger partial charge is 0.257 e. The molecule has 2 heterocycles. The molecule has 0 saturated heterocycles. The molecular formula is C23H22N4O. The lowest BCUT2D eigenvalue weighted by molar-refractivity contribution is 0.102. The van der Waals surface area contributed by atoms with E-state index in [0.29, 0.717) is 11.4 Å². The van der Waals surface area contributed by atoms with Gasteiger partial charge in [0.2, 0.25) is 0 Å². The Balaban J connectivity index is 1.78. The van der Waals surface area contributed by atoms with Crippen LogP contribution in [0.25, 0.3) is 22.2 Å². The van der Waals surface area contributed by atoms with Gasteiger partial charge in [-0.25, -0.2) is 4.98 Å². The van der Waals surface area contributed by atoms with Crippen molar-refractivity contribution in [1.82, 2.24) is 14.8 Å². The van der Waals surface area contributed by atoms with Crippen molar-refractivity contribution in [3.05, 3.63) is 77.5 Å². The normalized spacial score (nSPS) is 11.0. The summed E-state index contributed by atoms with van der Waals surface area (Å²) >= 11 is 0. The molecule has 5 heteroatoms. The summed E-state index contributed by atoms with van der Waals surface area (Å²) in [4.78, 5) is 17.8. The quantitative estimate of drug-likeness (QED) is 0.563. The van der Waals surface area contributed by atoms with Crippen LogP contribution in [0.15, 0.2) is 60.7 Å². The van der Waals surface area contributed by atoms with Gasteiger partial charge in [-0.1, -0.05) is 49.4 Å². The van der Waals surface area contributed by atoms with E-state index in [-0.39, 0.29) is 5.91 Å². The van der Waals surface area contributed by atoms with E-state index in [4.69, 9.17) is 4.98 Å². The second-order valence-corrected chi connectivity index (χ2v) is 6.87. The Morgan fingerprint density at radius 2 is 1.82 bits per heavy atom. The molecule has 0 unspecified atom stereocenters. The summed E-state index contributed by atoms with van der Waals surface area (Å²) in [6.45, 7) is 4.08. The Bertz CT molecular complexity index is 1140. The molecule has 4 rings (SSSR count). The zero-order valence-electron chi connectivity index (χ0n) is 16.2. The SMILES string of the molecule is CCc1ccc(-c2cc(C(=O)Nc3cc(C)n(C)n3)c3ccccc3n2)cc1. The van der Waals surface area contributed by atoms with Crippen molar-refractivity contribution in [2.45, 2.75) is 20.3 Å². The molecule has 0 radical (unpaired) electrons. The molecule has 0 atom stereocenters. The number of aromatic nitrogens is 3. The van der Waals surface area contributed by atoms with Crippen molar-refractivity contribution >= 4 is 22.6 Å². The molecule has 0 aliphatic heterocycles. The zero-order valence-corrected chi connectivity index (χ0v) is 16.2. The number of amides is 1. The average Bonchev–Trinajstić information content (AvgIpc) is 3.04. The van der Waals surface area contributed by atoms with E-state index >= 15 is 0 Å². The lowest BCUT2D eigenvalue weighted by atomic mass is 10.0. The van der Waals surface area contributed by atoms with Gasteiger partial charge in [-0.3, -0.25) is 9.48 Å². The van der Waals surface area contributed by atoms with Gasteiger partial charge in [0.25, 0.3) is 5.91 Å². The molecule has 1 amide bonds. The van der Waals surface area contributed by atoms with E-state index < -0.39 is 0 Å². The van der Waals surface area contributed by atoms with Crippen molar-refractivity contribution in [3.8, 4) is 11.3 Å². The molecule has 5 nitrogen and oxygen atoms in total. The Morgan fingerprint density at radius 3 is 2.50 bits per heavy atom. The van der Waals surface area contributed by atoms with Crippen LogP contribution in [0.4, 0.5) is 5.82 Å². The van der Waals surface area contributed by atoms with Crippen LogP contribution in [-0.2, 0) is 13.5 Å². The molecule has 0 aliphatic carbocycles. The molecule has 28 heavy (non-hydrogen) atoms. The Hall–Kier alpha value is -3.47. The predicted octanol–water partition coefficient (Wildman–Crippen LogP) is 4.76. The number of fused-ring (bicyclic) bond motifs is 1. The van der Waals surface area contributed by atoms with Gasteiger partial charge >= 0.3 is 0 Å². The van der Waals surface area contributed by atoms with E-state index in [9.17, 15) is 4.79 Å². The highest BCUT2D eigenvalue weighted by molar-refractivity contribution is 6.12. The number of rotatable bonds is 4. The summed E-state index contributed by atoms with van der Waals surface area (Å²) in [6.07, 6.45) is 0.989. The maximum atomic E-state index is 13.0. The largest absolute Gasteiger partial charge is 0.305 e. The highest BCUT2D eigenvalue weighted by atomic mass is 16.1. The number of carbonyl (C=O) groups is 1. The van der Waals surface area contributed by atoms with E-state index in [1.54, 1.807) is 4.68 Å². The monoisotopic (exact) mass is 370 g/mol. The molecule has 140 valence electrons. The van der Waals surface area contributed by atoms with Crippen LogP contribution >= 0.6 is 0 Å². The van der Waals surface area contributed by atoms with Crippen molar-refractivity contribution in [1.29, 1.82) is 0 Å². The first-order valence-corrected chi connectivity index (χ1v) is 9.36. The third-order valence-corrected chi connectivity index (χ3v) is 4.97. The minimum absolute atomic E-state index is 0.192. The fourth-order valence-corrected chi connectivity index (χ4v) is 3.23. The van der Waals surface area contributed by atoms with Crippen molar-refractivity contribution in [2.24, 2.45) is 7.05 Å². The van der Waals surface area contributed by atoms with E-state index in [2.05, 4.69) is 41.6 Å². The molecule has 4 aromatic rings. The number of nitrogens with zero attached hydrogens (tertiary/aromatic N) is 3. The van der Waals surface area contributed by atoms with Gasteiger partial charge in [-0.05, 0) is 31.0 Å². The van der Waals surface area contributed by atoms with Crippen LogP contribution in [0.1, 0.15) is 28.5 Å². The van der Waals surface area contributed by atoms with Crippen LogP contribution in [0, 0.1) is 6.92 Å². The van der Waals surface area contributed by atoms with Crippen LogP contribution in [0.5, 0.6) is 0 Å². The number of hydrogen-bond acceptors (Lipinski definition) is 3. The van der Waals surface area contributed by atoms with Gasteiger partial charge in [0.15, 0.2) is 5.82 Å². The number of nitrogens with one attached hydrogen (secondary N) is 1. The molecule has 0 saturated carbocycles. The van der Waals surface area contributed by atoms with E-state index in [1.807, 2.05) is 50.4 Å². The Kier molecular flexibility index (Phi) is 4.65. The first-order chi connectivity index (χ1) is 13.5. The highest BCUT2D eigenvalue weighted by Crippen LogP contribution is 2.26. The number of pyridine rings is 1. The van der Waals surface area contributed by atoms with Crippen molar-refractivity contribution < 1.29 is 4.79 Å². The standard InChI is InChI=1S/C23H22N4O/c1-4-16-9-11-17(12-10-16)21-14-19(18-7-5-6-8-20(18)24-21)23(28)25-22-13-15(2)27(3)26-22/h5-14H,4H2,1-3H3,(H,25,26,28). The maximum Gasteiger partial charge on any atom is 0.257 e. The molecule has 0 spiro atoms. The lowest BCUT2D eigenvalue weighted by Crippen LogP contribution is -2.13. The van der Waals surface area contributed by atoms with Crippen LogP contribution in [0.2, 0.25) is 0 Å². The first kappa shape index (κ1) is 17.9. The number of carbonyl (C=O) groups excluding carboxylic acids is 1. The number of aryl methyl sites for hydroxylation is 3. The molecule has 1 N–H and O–H groups in total. The molecule has 0 bridgehead atoms. The number of anilines is 1. The number of benzene rings is 2. The van der Waals surface area contributed by atoms with Crippen molar-refractivity contribution in [3.63, 3.8) is 0 Å². The minimum Gasteiger partial charge on any atom is -0.305 e. The summed E-state index contributed by atoms with van der Waals surface area (Å²) in [5, 5.41) is 8.06. The van der Waals surface area contributed by atoms with E-state index in [0.717, 1.165) is 34.3 Å². The fraction of sp³-hybridized carbons (Fsp3) is 0.174. The second-order valence-electron chi connectivity index (χ2n) is 6.87. The summed E-state index contributed by atoms with van der Waals surface area (Å²) in [6, 6.07) is 19.7. The summed E-state index contributed by atoms with van der Waals surface area (Å²) < 4.78 is 1.74. The van der Waals surface area contributed by atoms with Gasteiger partial charge in [-0.15, -0.1) is 0 Å². The third kappa shape index (κ3) is 3.39. The van der Waals surface area contributed by atoms with Crippen LogP contribution in [-0.4, -0.2) is 20.7 Å². The fourth-order valence-electron chi connectivity index (χ4n) is 3.23. The second kappa shape index (κ2) is 7.27. The molecule has 2 aromatic heterocycles. The highest BCUT2D eigenvalue weighted by Gasteiger charge is 2.15. The average molecular weight is 370 g/mol. The van der Waals surface area contributed by atoms with Gasteiger partial charge in [-0.2, -0.15) is 5.10 Å². The van der Waals surface area contributed by atoms with Crippen LogP contribution < -0.4 is 5.32 Å². The number of hydrogen-bond donors (Lipinski definition) is 1. The third-order valence-electron chi connectivity index (χ3n) is 4.97. The number of para-hydroxylation sites is 1. The zero-order chi connectivity index (χ0) is 19.7. The van der Waals surface area contributed by atoms with Crippen molar-refractivity contribution in [2.75, 3.05) is 5.32 Å². The predicted molar refractivity (Wildman–Crippen MR) is 112 cm³/mol. The molecule has 0 fully saturated rings. The Labute approximate surface area is 164 Å².